The van der Waals surface area contributed by atoms with Crippen molar-refractivity contribution in [3.8, 4) is 0 Å². The normalized spacial score (nSPS) is 9.75. The molecule has 0 atom stereocenters. The highest BCUT2D eigenvalue weighted by Crippen LogP contribution is 2.10. The molecular formula is C8H9NO3. The Morgan fingerprint density at radius 2 is 2.33 bits per heavy atom. The van der Waals surface area contributed by atoms with Crippen molar-refractivity contribution in [3.63, 3.8) is 0 Å². The number of rotatable bonds is 4. The van der Waals surface area contributed by atoms with Crippen molar-refractivity contribution >= 4 is 5.78 Å². The van der Waals surface area contributed by atoms with Crippen LogP contribution in [0.25, 0.3) is 0 Å². The minimum absolute atomic E-state index is 0.0169. The van der Waals surface area contributed by atoms with Crippen LogP contribution < -0.4 is 0 Å². The summed E-state index contributed by atoms with van der Waals surface area (Å²) in [6.07, 6.45) is 0.404. The summed E-state index contributed by atoms with van der Waals surface area (Å²) in [6.45, 7) is 1.74. The minimum Gasteiger partial charge on any atom is -0.456 e. The molecule has 1 aromatic heterocycles. The lowest BCUT2D eigenvalue weighted by Crippen LogP contribution is -1.92. The van der Waals surface area contributed by atoms with Crippen molar-refractivity contribution in [1.82, 2.24) is 0 Å². The van der Waals surface area contributed by atoms with Crippen molar-refractivity contribution in [1.29, 1.82) is 0 Å². The van der Waals surface area contributed by atoms with Gasteiger partial charge in [0.1, 0.15) is 12.3 Å². The summed E-state index contributed by atoms with van der Waals surface area (Å²) in [5, 5.41) is 2.65. The molecule has 0 radical (unpaired) electrons. The Kier molecular flexibility index (Phi) is 2.74. The van der Waals surface area contributed by atoms with Crippen LogP contribution in [0.1, 0.15) is 29.7 Å². The number of carbonyl (C=O) groups is 1. The monoisotopic (exact) mass is 167 g/mol. The van der Waals surface area contributed by atoms with Crippen LogP contribution in [-0.4, -0.2) is 5.78 Å². The summed E-state index contributed by atoms with van der Waals surface area (Å²) in [4.78, 5) is 20.9. The Labute approximate surface area is 69.5 Å². The minimum atomic E-state index is -0.0628. The number of nitrogens with zero attached hydrogens (tertiary/aromatic N) is 1. The van der Waals surface area contributed by atoms with E-state index in [2.05, 4.69) is 5.18 Å². The predicted molar refractivity (Wildman–Crippen MR) is 42.8 cm³/mol. The quantitative estimate of drug-likeness (QED) is 0.509. The smallest absolute Gasteiger partial charge is 0.197 e. The lowest BCUT2D eigenvalue weighted by atomic mass is 10.2. The molecule has 1 aromatic rings. The third-order valence-corrected chi connectivity index (χ3v) is 1.48. The second-order valence-electron chi connectivity index (χ2n) is 2.33. The zero-order chi connectivity index (χ0) is 8.97. The summed E-state index contributed by atoms with van der Waals surface area (Å²) in [7, 11) is 0. The predicted octanol–water partition coefficient (Wildman–Crippen LogP) is 2.14. The van der Waals surface area contributed by atoms with E-state index in [9.17, 15) is 9.70 Å². The molecule has 0 bridgehead atoms. The second-order valence-corrected chi connectivity index (χ2v) is 2.33. The van der Waals surface area contributed by atoms with E-state index >= 15 is 0 Å². The van der Waals surface area contributed by atoms with Gasteiger partial charge in [-0.1, -0.05) is 12.1 Å². The summed E-state index contributed by atoms with van der Waals surface area (Å²) in [5.74, 6) is 0.671. The van der Waals surface area contributed by atoms with E-state index in [0.29, 0.717) is 17.9 Å². The number of hydrogen-bond donors (Lipinski definition) is 0. The fraction of sp³-hybridized carbons (Fsp3) is 0.375. The van der Waals surface area contributed by atoms with Crippen LogP contribution in [0.15, 0.2) is 21.7 Å². The van der Waals surface area contributed by atoms with Crippen LogP contribution in [0.4, 0.5) is 0 Å². The molecule has 4 nitrogen and oxygen atoms in total. The molecule has 0 aliphatic heterocycles. The lowest BCUT2D eigenvalue weighted by Gasteiger charge is -1.89. The van der Waals surface area contributed by atoms with Crippen molar-refractivity contribution in [2.24, 2.45) is 5.18 Å². The van der Waals surface area contributed by atoms with E-state index in [4.69, 9.17) is 4.42 Å². The van der Waals surface area contributed by atoms with E-state index in [0.717, 1.165) is 0 Å². The molecule has 0 unspecified atom stereocenters. The third-order valence-electron chi connectivity index (χ3n) is 1.48. The molecule has 0 spiro atoms. The number of furan rings is 1. The molecule has 0 fully saturated rings. The van der Waals surface area contributed by atoms with Gasteiger partial charge < -0.3 is 4.42 Å². The maximum Gasteiger partial charge on any atom is 0.197 e. The third kappa shape index (κ3) is 1.78. The molecule has 1 heterocycles. The summed E-state index contributed by atoms with van der Waals surface area (Å²) in [6, 6.07) is 3.15. The molecule has 0 amide bonds. The standard InChI is InChI=1S/C8H9NO3/c1-2-7(10)8-4-3-6(12-8)5-9-11/h3-4H,2,5H2,1H3. The molecule has 4 heteroatoms. The zero-order valence-electron chi connectivity index (χ0n) is 6.74. The first-order valence-electron chi connectivity index (χ1n) is 3.69. The highest BCUT2D eigenvalue weighted by molar-refractivity contribution is 5.93. The fourth-order valence-electron chi connectivity index (χ4n) is 0.851. The molecule has 64 valence electrons. The number of hydrogen-bond acceptors (Lipinski definition) is 4. The maximum atomic E-state index is 11.0. The van der Waals surface area contributed by atoms with Gasteiger partial charge in [0.25, 0.3) is 0 Å². The highest BCUT2D eigenvalue weighted by atomic mass is 16.4. The fourth-order valence-corrected chi connectivity index (χ4v) is 0.851. The van der Waals surface area contributed by atoms with Gasteiger partial charge in [-0.05, 0) is 12.1 Å². The number of nitroso groups, excluding NO2 is 1. The van der Waals surface area contributed by atoms with Crippen LogP contribution in [-0.2, 0) is 6.54 Å². The molecule has 0 aliphatic carbocycles. The van der Waals surface area contributed by atoms with E-state index < -0.39 is 0 Å². The van der Waals surface area contributed by atoms with Gasteiger partial charge in [-0.15, -0.1) is 0 Å². The molecule has 1 rings (SSSR count). The van der Waals surface area contributed by atoms with Crippen LogP contribution in [0.2, 0.25) is 0 Å². The Morgan fingerprint density at radius 1 is 1.58 bits per heavy atom. The largest absolute Gasteiger partial charge is 0.456 e. The van der Waals surface area contributed by atoms with Gasteiger partial charge >= 0.3 is 0 Å². The van der Waals surface area contributed by atoms with Crippen LogP contribution in [0.5, 0.6) is 0 Å². The van der Waals surface area contributed by atoms with Crippen molar-refractivity contribution < 1.29 is 9.21 Å². The average Bonchev–Trinajstić information content (AvgIpc) is 2.52. The van der Waals surface area contributed by atoms with Crippen LogP contribution >= 0.6 is 0 Å². The summed E-state index contributed by atoms with van der Waals surface area (Å²) in [5.41, 5.74) is 0. The van der Waals surface area contributed by atoms with Crippen LogP contribution in [0.3, 0.4) is 0 Å². The van der Waals surface area contributed by atoms with E-state index in [1.165, 1.54) is 0 Å². The lowest BCUT2D eigenvalue weighted by molar-refractivity contribution is 0.0960. The van der Waals surface area contributed by atoms with Crippen molar-refractivity contribution in [2.45, 2.75) is 19.9 Å². The Morgan fingerprint density at radius 3 is 2.92 bits per heavy atom. The molecule has 12 heavy (non-hydrogen) atoms. The first-order chi connectivity index (χ1) is 5.77. The highest BCUT2D eigenvalue weighted by Gasteiger charge is 2.08. The van der Waals surface area contributed by atoms with Gasteiger partial charge in [0.05, 0.1) is 0 Å². The topological polar surface area (TPSA) is 59.6 Å². The van der Waals surface area contributed by atoms with Crippen LogP contribution in [0, 0.1) is 4.91 Å². The average molecular weight is 167 g/mol. The molecule has 0 saturated carbocycles. The summed E-state index contributed by atoms with van der Waals surface area (Å²) < 4.78 is 5.03. The van der Waals surface area contributed by atoms with Gasteiger partial charge in [0.15, 0.2) is 11.5 Å². The Bertz CT molecular complexity index is 290. The first kappa shape index (κ1) is 8.64. The van der Waals surface area contributed by atoms with Crippen molar-refractivity contribution in [2.75, 3.05) is 0 Å². The number of carbonyl (C=O) groups excluding carboxylic acids is 1. The van der Waals surface area contributed by atoms with Gasteiger partial charge in [0, 0.05) is 6.42 Å². The molecule has 0 aromatic carbocycles. The Hall–Kier alpha value is -1.45. The maximum absolute atomic E-state index is 11.0. The SMILES string of the molecule is CCC(=O)c1ccc(CN=O)o1. The zero-order valence-corrected chi connectivity index (χ0v) is 6.74. The van der Waals surface area contributed by atoms with Crippen molar-refractivity contribution in [3.05, 3.63) is 28.6 Å². The number of ketones is 1. The molecular weight excluding hydrogens is 158 g/mol. The summed E-state index contributed by atoms with van der Waals surface area (Å²) >= 11 is 0. The van der Waals surface area contributed by atoms with E-state index in [-0.39, 0.29) is 12.3 Å². The van der Waals surface area contributed by atoms with E-state index in [1.54, 1.807) is 19.1 Å². The van der Waals surface area contributed by atoms with Gasteiger partial charge in [-0.25, -0.2) is 0 Å². The first-order valence-corrected chi connectivity index (χ1v) is 3.69. The molecule has 0 aliphatic rings. The van der Waals surface area contributed by atoms with Gasteiger partial charge in [-0.2, -0.15) is 4.91 Å². The Balaban J connectivity index is 2.76. The number of Topliss-reactive ketones (excluding diaryl/α,β-unsaturated/α-hetero) is 1. The second kappa shape index (κ2) is 3.80. The van der Waals surface area contributed by atoms with Gasteiger partial charge in [-0.3, -0.25) is 4.79 Å². The van der Waals surface area contributed by atoms with Gasteiger partial charge in [0.2, 0.25) is 0 Å². The van der Waals surface area contributed by atoms with E-state index in [1.807, 2.05) is 0 Å². The molecule has 0 saturated heterocycles. The molecule has 0 N–H and O–H groups in total.